The number of ether oxygens (including phenoxy) is 1. The van der Waals surface area contributed by atoms with Crippen molar-refractivity contribution in [3.63, 3.8) is 0 Å². The first-order valence-corrected chi connectivity index (χ1v) is 8.85. The fourth-order valence-corrected chi connectivity index (χ4v) is 3.14. The van der Waals surface area contributed by atoms with E-state index in [1.165, 1.54) is 11.3 Å². The summed E-state index contributed by atoms with van der Waals surface area (Å²) in [6.45, 7) is 0. The molecule has 3 aromatic rings. The average Bonchev–Trinajstić information content (AvgIpc) is 3.19. The van der Waals surface area contributed by atoms with Gasteiger partial charge < -0.3 is 15.8 Å². The van der Waals surface area contributed by atoms with Crippen LogP contribution in [0.2, 0.25) is 0 Å². The van der Waals surface area contributed by atoms with Crippen LogP contribution in [0.3, 0.4) is 0 Å². The van der Waals surface area contributed by atoms with Crippen molar-refractivity contribution in [1.29, 1.82) is 5.26 Å². The number of rotatable bonds is 6. The first-order valence-electron chi connectivity index (χ1n) is 7.97. The van der Waals surface area contributed by atoms with Gasteiger partial charge in [0.25, 0.3) is 0 Å². The van der Waals surface area contributed by atoms with Gasteiger partial charge >= 0.3 is 0 Å². The summed E-state index contributed by atoms with van der Waals surface area (Å²) in [4.78, 5) is 15.6. The summed E-state index contributed by atoms with van der Waals surface area (Å²) in [6.07, 6.45) is 1.59. The number of hydrogen-bond donors (Lipinski definition) is 2. The van der Waals surface area contributed by atoms with Crippen LogP contribution >= 0.6 is 11.3 Å². The molecule has 0 fully saturated rings. The number of thiazole rings is 1. The number of carbonyl (C=O) groups is 1. The summed E-state index contributed by atoms with van der Waals surface area (Å²) in [5.74, 6) is 0.266. The quantitative estimate of drug-likeness (QED) is 0.636. The van der Waals surface area contributed by atoms with Gasteiger partial charge in [0.15, 0.2) is 0 Å². The highest BCUT2D eigenvalue weighted by molar-refractivity contribution is 7.11. The summed E-state index contributed by atoms with van der Waals surface area (Å²) in [6, 6.07) is 16.4. The zero-order valence-electron chi connectivity index (χ0n) is 14.5. The predicted molar refractivity (Wildman–Crippen MR) is 106 cm³/mol. The maximum absolute atomic E-state index is 11.1. The van der Waals surface area contributed by atoms with Gasteiger partial charge in [0.1, 0.15) is 22.4 Å². The monoisotopic (exact) mass is 376 g/mol. The van der Waals surface area contributed by atoms with Crippen molar-refractivity contribution in [1.82, 2.24) is 4.98 Å². The minimum absolute atomic E-state index is 0.410. The zero-order valence-corrected chi connectivity index (χ0v) is 15.3. The number of benzene rings is 2. The number of primary amides is 1. The van der Waals surface area contributed by atoms with Gasteiger partial charge in [0.2, 0.25) is 5.91 Å². The van der Waals surface area contributed by atoms with Crippen LogP contribution in [0.4, 0.5) is 5.69 Å². The van der Waals surface area contributed by atoms with Crippen molar-refractivity contribution >= 4 is 28.5 Å². The Hall–Kier alpha value is -3.63. The van der Waals surface area contributed by atoms with Crippen molar-refractivity contribution in [2.45, 2.75) is 0 Å². The highest BCUT2D eigenvalue weighted by Crippen LogP contribution is 2.28. The number of aromatic nitrogens is 1. The van der Waals surface area contributed by atoms with Crippen LogP contribution in [0.1, 0.15) is 15.4 Å². The normalized spacial score (nSPS) is 10.9. The number of anilines is 1. The summed E-state index contributed by atoms with van der Waals surface area (Å²) in [5, 5.41) is 15.0. The Morgan fingerprint density at radius 3 is 2.74 bits per heavy atom. The van der Waals surface area contributed by atoms with E-state index in [1.807, 2.05) is 29.6 Å². The number of nitriles is 1. The molecule has 0 radical (unpaired) electrons. The van der Waals surface area contributed by atoms with Crippen molar-refractivity contribution in [2.75, 3.05) is 12.4 Å². The average molecular weight is 376 g/mol. The van der Waals surface area contributed by atoms with E-state index in [2.05, 4.69) is 16.4 Å². The van der Waals surface area contributed by atoms with Crippen LogP contribution in [0.25, 0.3) is 16.8 Å². The molecule has 0 saturated carbocycles. The van der Waals surface area contributed by atoms with E-state index in [4.69, 9.17) is 10.5 Å². The molecule has 0 atom stereocenters. The van der Waals surface area contributed by atoms with Gasteiger partial charge in [0, 0.05) is 28.4 Å². The molecule has 0 spiro atoms. The third-order valence-corrected chi connectivity index (χ3v) is 4.65. The maximum atomic E-state index is 11.1. The molecule has 0 aliphatic rings. The molecule has 2 aromatic carbocycles. The van der Waals surface area contributed by atoms with Gasteiger partial charge in [-0.1, -0.05) is 12.1 Å². The minimum Gasteiger partial charge on any atom is -0.497 e. The fourth-order valence-electron chi connectivity index (χ4n) is 2.34. The van der Waals surface area contributed by atoms with Gasteiger partial charge in [-0.25, -0.2) is 4.98 Å². The summed E-state index contributed by atoms with van der Waals surface area (Å²) < 4.78 is 5.24. The van der Waals surface area contributed by atoms with Crippen LogP contribution in [0, 0.1) is 11.3 Å². The minimum atomic E-state index is -0.484. The van der Waals surface area contributed by atoms with Gasteiger partial charge in [0.05, 0.1) is 12.8 Å². The molecule has 134 valence electrons. The van der Waals surface area contributed by atoms with Crippen LogP contribution in [-0.2, 0) is 0 Å². The maximum Gasteiger partial charge on any atom is 0.248 e. The third kappa shape index (κ3) is 4.32. The van der Waals surface area contributed by atoms with Crippen LogP contribution in [0.15, 0.2) is 60.1 Å². The Morgan fingerprint density at radius 2 is 2.07 bits per heavy atom. The fraction of sp³-hybridized carbons (Fsp3) is 0.0500. The topological polar surface area (TPSA) is 101 Å². The highest BCUT2D eigenvalue weighted by atomic mass is 32.1. The SMILES string of the molecule is COc1cccc(-c2csc(/C(C#N)=C/Nc3ccc(C(N)=O)cc3)n2)c1. The van der Waals surface area contributed by atoms with Gasteiger partial charge in [-0.3, -0.25) is 4.79 Å². The number of nitrogens with zero attached hydrogens (tertiary/aromatic N) is 2. The Kier molecular flexibility index (Phi) is 5.50. The number of hydrogen-bond acceptors (Lipinski definition) is 6. The standard InChI is InChI=1S/C20H16N4O2S/c1-26-17-4-2-3-14(9-17)18-12-27-20(24-18)15(10-21)11-23-16-7-5-13(6-8-16)19(22)25/h2-9,11-12,23H,1H3,(H2,22,25)/b15-11+. The molecule has 0 saturated heterocycles. The molecular weight excluding hydrogens is 360 g/mol. The van der Waals surface area contributed by atoms with E-state index >= 15 is 0 Å². The highest BCUT2D eigenvalue weighted by Gasteiger charge is 2.09. The van der Waals surface area contributed by atoms with E-state index in [1.54, 1.807) is 37.6 Å². The van der Waals surface area contributed by atoms with Crippen molar-refractivity contribution in [3.05, 3.63) is 70.7 Å². The van der Waals surface area contributed by atoms with Crippen molar-refractivity contribution in [2.24, 2.45) is 5.73 Å². The summed E-state index contributed by atoms with van der Waals surface area (Å²) in [5.41, 5.74) is 8.49. The van der Waals surface area contributed by atoms with Crippen molar-refractivity contribution in [3.8, 4) is 23.1 Å². The van der Waals surface area contributed by atoms with Gasteiger partial charge in [-0.15, -0.1) is 11.3 Å². The van der Waals surface area contributed by atoms with Crippen LogP contribution in [0.5, 0.6) is 5.75 Å². The number of nitrogens with two attached hydrogens (primary N) is 1. The van der Waals surface area contributed by atoms with Gasteiger partial charge in [-0.2, -0.15) is 5.26 Å². The second-order valence-corrected chi connectivity index (χ2v) is 6.38. The number of allylic oxidation sites excluding steroid dienone is 1. The first kappa shape index (κ1) is 18.2. The molecule has 0 aliphatic heterocycles. The Bertz CT molecular complexity index is 1030. The van der Waals surface area contributed by atoms with E-state index in [-0.39, 0.29) is 0 Å². The lowest BCUT2D eigenvalue weighted by Crippen LogP contribution is -2.10. The molecule has 0 bridgehead atoms. The van der Waals surface area contributed by atoms with Crippen LogP contribution < -0.4 is 15.8 Å². The molecular formula is C20H16N4O2S. The Balaban J connectivity index is 1.79. The van der Waals surface area contributed by atoms with E-state index < -0.39 is 5.91 Å². The summed E-state index contributed by atoms with van der Waals surface area (Å²) in [7, 11) is 1.61. The Morgan fingerprint density at radius 1 is 1.30 bits per heavy atom. The second kappa shape index (κ2) is 8.17. The lowest BCUT2D eigenvalue weighted by Gasteiger charge is -2.03. The summed E-state index contributed by atoms with van der Waals surface area (Å²) >= 11 is 1.39. The van der Waals surface area contributed by atoms with E-state index in [0.717, 1.165) is 22.7 Å². The number of nitrogens with one attached hydrogen (secondary N) is 1. The lowest BCUT2D eigenvalue weighted by molar-refractivity contribution is 0.100. The van der Waals surface area contributed by atoms with E-state index in [9.17, 15) is 10.1 Å². The molecule has 1 aromatic heterocycles. The second-order valence-electron chi connectivity index (χ2n) is 5.53. The smallest absolute Gasteiger partial charge is 0.248 e. The molecule has 0 unspecified atom stereocenters. The molecule has 27 heavy (non-hydrogen) atoms. The number of methoxy groups -OCH3 is 1. The zero-order chi connectivity index (χ0) is 19.2. The lowest BCUT2D eigenvalue weighted by atomic mass is 10.1. The van der Waals surface area contributed by atoms with E-state index in [0.29, 0.717) is 16.1 Å². The molecule has 3 N–H and O–H groups in total. The number of amides is 1. The third-order valence-electron chi connectivity index (χ3n) is 3.77. The first-order chi connectivity index (χ1) is 13.1. The molecule has 7 heteroatoms. The molecule has 1 heterocycles. The number of carbonyl (C=O) groups excluding carboxylic acids is 1. The molecule has 3 rings (SSSR count). The molecule has 0 aliphatic carbocycles. The van der Waals surface area contributed by atoms with Crippen molar-refractivity contribution < 1.29 is 9.53 Å². The predicted octanol–water partition coefficient (Wildman–Crippen LogP) is 3.89. The van der Waals surface area contributed by atoms with Crippen LogP contribution in [-0.4, -0.2) is 18.0 Å². The molecule has 1 amide bonds. The largest absolute Gasteiger partial charge is 0.497 e. The van der Waals surface area contributed by atoms with Gasteiger partial charge in [-0.05, 0) is 36.4 Å². The Labute approximate surface area is 160 Å². The molecule has 6 nitrogen and oxygen atoms in total.